The predicted molar refractivity (Wildman–Crippen MR) is 48.9 cm³/mol. The van der Waals surface area contributed by atoms with Crippen LogP contribution in [0, 0.1) is 0 Å². The number of ether oxygens (including phenoxy) is 1. The van der Waals surface area contributed by atoms with Gasteiger partial charge < -0.3 is 22.9 Å². The van der Waals surface area contributed by atoms with Crippen molar-refractivity contribution >= 4 is 7.11 Å². The molecule has 0 unspecified atom stereocenters. The third-order valence-electron chi connectivity index (χ3n) is 1.70. The van der Waals surface area contributed by atoms with E-state index in [9.17, 15) is 12.9 Å². The molecule has 1 aromatic rings. The van der Waals surface area contributed by atoms with Gasteiger partial charge in [-0.3, -0.25) is 0 Å². The molecule has 0 saturated heterocycles. The predicted octanol–water partition coefficient (Wildman–Crippen LogP) is 2.13. The molecule has 0 bridgehead atoms. The molecule has 1 aromatic carbocycles. The highest BCUT2D eigenvalue weighted by atomic mass is 19.4. The van der Waals surface area contributed by atoms with Gasteiger partial charge in [-0.05, 0) is 24.2 Å². The van der Waals surface area contributed by atoms with Crippen LogP contribution in [0.25, 0.3) is 0 Å². The first-order valence-corrected chi connectivity index (χ1v) is 4.08. The fraction of sp³-hybridized carbons (Fsp3) is 0.250. The van der Waals surface area contributed by atoms with E-state index in [0.29, 0.717) is 11.3 Å². The van der Waals surface area contributed by atoms with Gasteiger partial charge in [0, 0.05) is 0 Å². The average Bonchev–Trinajstić information content (AvgIpc) is 2.14. The molecule has 1 rings (SSSR count). The highest BCUT2D eigenvalue weighted by Crippen LogP contribution is 2.12. The van der Waals surface area contributed by atoms with Crippen molar-refractivity contribution in [3.8, 4) is 5.75 Å². The molecular weight excluding hydrogens is 194 g/mol. The third kappa shape index (κ3) is 3.70. The third-order valence-corrected chi connectivity index (χ3v) is 1.70. The summed E-state index contributed by atoms with van der Waals surface area (Å²) in [5, 5.41) is 1.50. The van der Waals surface area contributed by atoms with Crippen LogP contribution in [-0.4, -0.2) is 14.2 Å². The summed E-state index contributed by atoms with van der Waals surface area (Å²) in [4.78, 5) is 0. The minimum absolute atomic E-state index is 0.201. The minimum Gasteiger partial charge on any atom is -0.497 e. The molecule has 0 aliphatic rings. The van der Waals surface area contributed by atoms with Crippen molar-refractivity contribution in [2.75, 3.05) is 7.11 Å². The molecule has 0 radical (unpaired) electrons. The Labute approximate surface area is 80.1 Å². The normalized spacial score (nSPS) is 11.4. The minimum atomic E-state index is -4.92. The second-order valence-electron chi connectivity index (χ2n) is 2.80. The molecule has 6 heteroatoms. The van der Waals surface area contributed by atoms with Crippen molar-refractivity contribution in [1.29, 1.82) is 0 Å². The Morgan fingerprint density at radius 1 is 1.21 bits per heavy atom. The molecule has 0 spiro atoms. The molecule has 78 valence electrons. The number of methoxy groups -OCH3 is 1. The number of halogens is 3. The van der Waals surface area contributed by atoms with Crippen molar-refractivity contribution < 1.29 is 17.7 Å². The first-order chi connectivity index (χ1) is 6.51. The van der Waals surface area contributed by atoms with Gasteiger partial charge in [-0.25, -0.2) is 0 Å². The zero-order valence-corrected chi connectivity index (χ0v) is 7.64. The molecule has 1 N–H and O–H groups in total. The molecule has 14 heavy (non-hydrogen) atoms. The highest BCUT2D eigenvalue weighted by molar-refractivity contribution is 6.55. The first-order valence-electron chi connectivity index (χ1n) is 4.08. The van der Waals surface area contributed by atoms with E-state index >= 15 is 0 Å². The first kappa shape index (κ1) is 10.9. The molecule has 0 aliphatic heterocycles. The maximum atomic E-state index is 11.8. The number of rotatable bonds is 4. The standard InChI is InChI=1S/C8H10BF3NO/c1-14-8-4-2-7(3-5-8)6-13-9(10,11)12/h2-5,13H,6H2,1H3/q-1. The van der Waals surface area contributed by atoms with Gasteiger partial charge in [-0.1, -0.05) is 12.1 Å². The van der Waals surface area contributed by atoms with Crippen LogP contribution in [0.2, 0.25) is 0 Å². The summed E-state index contributed by atoms with van der Waals surface area (Å²) in [6, 6.07) is 6.43. The lowest BCUT2D eigenvalue weighted by Gasteiger charge is -2.15. The zero-order chi connectivity index (χ0) is 10.6. The Hall–Kier alpha value is -1.17. The number of hydrogen-bond donors (Lipinski definition) is 1. The van der Waals surface area contributed by atoms with Crippen molar-refractivity contribution in [3.05, 3.63) is 29.8 Å². The van der Waals surface area contributed by atoms with Crippen LogP contribution in [0.1, 0.15) is 5.56 Å². The van der Waals surface area contributed by atoms with Crippen LogP contribution in [0.3, 0.4) is 0 Å². The van der Waals surface area contributed by atoms with Gasteiger partial charge in [0.1, 0.15) is 5.75 Å². The van der Waals surface area contributed by atoms with Crippen molar-refractivity contribution in [3.63, 3.8) is 0 Å². The van der Waals surface area contributed by atoms with Crippen LogP contribution in [-0.2, 0) is 6.54 Å². The summed E-state index contributed by atoms with van der Waals surface area (Å²) in [7, 11) is -3.42. The Morgan fingerprint density at radius 3 is 2.21 bits per heavy atom. The van der Waals surface area contributed by atoms with E-state index < -0.39 is 7.11 Å². The van der Waals surface area contributed by atoms with Crippen molar-refractivity contribution in [1.82, 2.24) is 5.23 Å². The summed E-state index contributed by atoms with van der Waals surface area (Å²) < 4.78 is 40.3. The van der Waals surface area contributed by atoms with Crippen LogP contribution >= 0.6 is 0 Å². The largest absolute Gasteiger partial charge is 0.564 e. The lowest BCUT2D eigenvalue weighted by Crippen LogP contribution is -2.37. The van der Waals surface area contributed by atoms with Gasteiger partial charge in [0.2, 0.25) is 0 Å². The maximum absolute atomic E-state index is 11.8. The lowest BCUT2D eigenvalue weighted by molar-refractivity contribution is 0.414. The highest BCUT2D eigenvalue weighted by Gasteiger charge is 2.21. The summed E-state index contributed by atoms with van der Waals surface area (Å²) in [6.07, 6.45) is 0. The molecule has 0 amide bonds. The van der Waals surface area contributed by atoms with E-state index in [-0.39, 0.29) is 6.54 Å². The van der Waals surface area contributed by atoms with Gasteiger partial charge in [0.25, 0.3) is 0 Å². The fourth-order valence-electron chi connectivity index (χ4n) is 0.977. The maximum Gasteiger partial charge on any atom is 0.564 e. The smallest absolute Gasteiger partial charge is 0.497 e. The fourth-order valence-corrected chi connectivity index (χ4v) is 0.977. The summed E-state index contributed by atoms with van der Waals surface area (Å²) in [5.41, 5.74) is 0.574. The van der Waals surface area contributed by atoms with Gasteiger partial charge in [0.05, 0.1) is 7.11 Å². The summed E-state index contributed by atoms with van der Waals surface area (Å²) in [5.74, 6) is 0.631. The molecule has 0 aromatic heterocycles. The monoisotopic (exact) mass is 204 g/mol. The van der Waals surface area contributed by atoms with E-state index in [4.69, 9.17) is 4.74 Å². The van der Waals surface area contributed by atoms with Gasteiger partial charge in [0.15, 0.2) is 0 Å². The molecule has 2 nitrogen and oxygen atoms in total. The quantitative estimate of drug-likeness (QED) is 0.758. The molecule has 0 aliphatic carbocycles. The second kappa shape index (κ2) is 4.37. The van der Waals surface area contributed by atoms with Crippen molar-refractivity contribution in [2.45, 2.75) is 6.54 Å². The number of benzene rings is 1. The Kier molecular flexibility index (Phi) is 3.40. The molecule has 0 saturated carbocycles. The Morgan fingerprint density at radius 2 is 1.79 bits per heavy atom. The van der Waals surface area contributed by atoms with Crippen LogP contribution in [0.4, 0.5) is 12.9 Å². The van der Waals surface area contributed by atoms with Gasteiger partial charge in [-0.2, -0.15) is 0 Å². The van der Waals surface area contributed by atoms with E-state index in [1.54, 1.807) is 24.3 Å². The van der Waals surface area contributed by atoms with E-state index in [0.717, 1.165) is 0 Å². The second-order valence-corrected chi connectivity index (χ2v) is 2.80. The topological polar surface area (TPSA) is 21.3 Å². The summed E-state index contributed by atoms with van der Waals surface area (Å²) >= 11 is 0. The SMILES string of the molecule is COc1ccc(CN[B-](F)(F)F)cc1. The van der Waals surface area contributed by atoms with Gasteiger partial charge in [-0.15, -0.1) is 0 Å². The molecule has 0 atom stereocenters. The van der Waals surface area contributed by atoms with Crippen LogP contribution in [0.5, 0.6) is 5.75 Å². The lowest BCUT2D eigenvalue weighted by atomic mass is 10.1. The molecular formula is C8H10BF3NO-. The number of nitrogens with one attached hydrogen (secondary N) is 1. The van der Waals surface area contributed by atoms with E-state index in [2.05, 4.69) is 0 Å². The summed E-state index contributed by atoms with van der Waals surface area (Å²) in [6.45, 7) is -0.201. The zero-order valence-electron chi connectivity index (χ0n) is 7.64. The Balaban J connectivity index is 2.52. The van der Waals surface area contributed by atoms with Crippen LogP contribution < -0.4 is 9.96 Å². The van der Waals surface area contributed by atoms with E-state index in [1.807, 2.05) is 0 Å². The average molecular weight is 204 g/mol. The Bertz CT molecular complexity index is 286. The number of hydrogen-bond acceptors (Lipinski definition) is 2. The van der Waals surface area contributed by atoms with Gasteiger partial charge >= 0.3 is 7.11 Å². The molecule has 0 fully saturated rings. The van der Waals surface area contributed by atoms with Crippen molar-refractivity contribution in [2.24, 2.45) is 0 Å². The van der Waals surface area contributed by atoms with Crippen LogP contribution in [0.15, 0.2) is 24.3 Å². The molecule has 0 heterocycles. The van der Waals surface area contributed by atoms with E-state index in [1.165, 1.54) is 12.3 Å².